The van der Waals surface area contributed by atoms with E-state index >= 15 is 0 Å². The molecular formula is C22H22F3N3O4. The molecule has 170 valence electrons. The second-order valence-corrected chi connectivity index (χ2v) is 7.78. The van der Waals surface area contributed by atoms with Crippen LogP contribution in [0.25, 0.3) is 0 Å². The summed E-state index contributed by atoms with van der Waals surface area (Å²) >= 11 is 0. The number of anilines is 2. The van der Waals surface area contributed by atoms with E-state index in [-0.39, 0.29) is 37.2 Å². The molecule has 7 nitrogen and oxygen atoms in total. The number of likely N-dealkylation sites (N-methyl/N-ethyl adjacent to an activating group) is 1. The molecule has 0 aliphatic carbocycles. The highest BCUT2D eigenvalue weighted by molar-refractivity contribution is 6.05. The van der Waals surface area contributed by atoms with Gasteiger partial charge in [-0.25, -0.2) is 0 Å². The molecule has 10 heteroatoms. The third-order valence-corrected chi connectivity index (χ3v) is 5.26. The standard InChI is InChI=1S/C22H22F3N3O4/c1-27(11-14-13-31-17-8-4-5-9-18(17)32-14)12-21(30)28-16-7-3-2-6-15(16)26-20(29)10-19(28)22(23,24)25/h2-9,14,19H,10-13H2,1H3,(H,26,29)/t14-,19+/m0/s1. The first-order chi connectivity index (χ1) is 15.2. The zero-order chi connectivity index (χ0) is 22.9. The molecule has 2 aliphatic heterocycles. The predicted octanol–water partition coefficient (Wildman–Crippen LogP) is 3.06. The van der Waals surface area contributed by atoms with Crippen molar-refractivity contribution in [3.8, 4) is 11.5 Å². The lowest BCUT2D eigenvalue weighted by molar-refractivity contribution is -0.158. The van der Waals surface area contributed by atoms with Crippen LogP contribution in [-0.4, -0.2) is 61.8 Å². The van der Waals surface area contributed by atoms with Crippen LogP contribution in [0.4, 0.5) is 24.5 Å². The molecule has 0 unspecified atom stereocenters. The number of alkyl halides is 3. The molecule has 0 bridgehead atoms. The molecule has 2 aromatic rings. The Labute approximate surface area is 182 Å². The van der Waals surface area contributed by atoms with Gasteiger partial charge in [-0.15, -0.1) is 0 Å². The molecule has 0 aromatic heterocycles. The molecule has 0 saturated heterocycles. The third kappa shape index (κ3) is 4.64. The molecule has 32 heavy (non-hydrogen) atoms. The number of nitrogens with one attached hydrogen (secondary N) is 1. The lowest BCUT2D eigenvalue weighted by Gasteiger charge is -2.34. The van der Waals surface area contributed by atoms with Crippen LogP contribution in [0.5, 0.6) is 11.5 Å². The van der Waals surface area contributed by atoms with Crippen LogP contribution in [0.3, 0.4) is 0 Å². The summed E-state index contributed by atoms with van der Waals surface area (Å²) in [5, 5.41) is 2.45. The van der Waals surface area contributed by atoms with Gasteiger partial charge in [0.2, 0.25) is 11.8 Å². The Morgan fingerprint density at radius 3 is 2.59 bits per heavy atom. The monoisotopic (exact) mass is 449 g/mol. The molecule has 2 atom stereocenters. The first-order valence-electron chi connectivity index (χ1n) is 10.1. The third-order valence-electron chi connectivity index (χ3n) is 5.26. The summed E-state index contributed by atoms with van der Waals surface area (Å²) in [6.07, 6.45) is -6.03. The Morgan fingerprint density at radius 2 is 1.84 bits per heavy atom. The SMILES string of the molecule is CN(CC(=O)N1c2ccccc2NC(=O)C[C@@H]1C(F)(F)F)C[C@H]1COc2ccccc2O1. The molecule has 2 heterocycles. The molecule has 1 N–H and O–H groups in total. The molecule has 4 rings (SSSR count). The number of amides is 2. The van der Waals surface area contributed by atoms with Crippen molar-refractivity contribution in [2.75, 3.05) is 37.0 Å². The number of rotatable bonds is 4. The summed E-state index contributed by atoms with van der Waals surface area (Å²) in [7, 11) is 1.62. The molecule has 0 radical (unpaired) electrons. The van der Waals surface area contributed by atoms with Gasteiger partial charge in [-0.05, 0) is 31.3 Å². The predicted molar refractivity (Wildman–Crippen MR) is 111 cm³/mol. The number of para-hydroxylation sites is 4. The topological polar surface area (TPSA) is 71.1 Å². The fraction of sp³-hybridized carbons (Fsp3) is 0.364. The molecule has 0 spiro atoms. The van der Waals surface area contributed by atoms with Gasteiger partial charge < -0.3 is 14.8 Å². The van der Waals surface area contributed by atoms with Crippen LogP contribution in [0.15, 0.2) is 48.5 Å². The number of hydrogen-bond donors (Lipinski definition) is 1. The fourth-order valence-corrected chi connectivity index (χ4v) is 3.87. The average Bonchev–Trinajstić information content (AvgIpc) is 2.89. The molecular weight excluding hydrogens is 427 g/mol. The van der Waals surface area contributed by atoms with E-state index in [0.717, 1.165) is 0 Å². The van der Waals surface area contributed by atoms with Crippen molar-refractivity contribution < 1.29 is 32.2 Å². The first-order valence-corrected chi connectivity index (χ1v) is 10.1. The largest absolute Gasteiger partial charge is 0.486 e. The van der Waals surface area contributed by atoms with E-state index in [2.05, 4.69) is 5.32 Å². The smallest absolute Gasteiger partial charge is 0.409 e. The van der Waals surface area contributed by atoms with Crippen molar-refractivity contribution >= 4 is 23.2 Å². The van der Waals surface area contributed by atoms with Gasteiger partial charge in [0.15, 0.2) is 11.5 Å². The van der Waals surface area contributed by atoms with Crippen molar-refractivity contribution in [3.63, 3.8) is 0 Å². The Morgan fingerprint density at radius 1 is 1.16 bits per heavy atom. The first kappa shape index (κ1) is 21.9. The molecule has 0 fully saturated rings. The van der Waals surface area contributed by atoms with Crippen molar-refractivity contribution in [2.45, 2.75) is 24.7 Å². The molecule has 0 saturated carbocycles. The van der Waals surface area contributed by atoms with Crippen molar-refractivity contribution in [3.05, 3.63) is 48.5 Å². The second kappa shape index (κ2) is 8.70. The van der Waals surface area contributed by atoms with Gasteiger partial charge in [0, 0.05) is 6.54 Å². The summed E-state index contributed by atoms with van der Waals surface area (Å²) < 4.78 is 53.0. The van der Waals surface area contributed by atoms with E-state index in [1.165, 1.54) is 18.2 Å². The maximum Gasteiger partial charge on any atom is 0.409 e. The zero-order valence-corrected chi connectivity index (χ0v) is 17.3. The van der Waals surface area contributed by atoms with Crippen LogP contribution >= 0.6 is 0 Å². The number of nitrogens with zero attached hydrogens (tertiary/aromatic N) is 2. The van der Waals surface area contributed by atoms with Crippen LogP contribution < -0.4 is 19.7 Å². The van der Waals surface area contributed by atoms with Gasteiger partial charge in [0.05, 0.1) is 24.3 Å². The zero-order valence-electron chi connectivity index (χ0n) is 17.3. The summed E-state index contributed by atoms with van der Waals surface area (Å²) in [6.45, 7) is 0.228. The van der Waals surface area contributed by atoms with E-state index in [1.807, 2.05) is 6.07 Å². The van der Waals surface area contributed by atoms with Gasteiger partial charge in [-0.2, -0.15) is 13.2 Å². The van der Waals surface area contributed by atoms with Crippen molar-refractivity contribution in [1.82, 2.24) is 4.90 Å². The minimum atomic E-state index is -4.77. The number of halogens is 3. The lowest BCUT2D eigenvalue weighted by atomic mass is 10.1. The highest BCUT2D eigenvalue weighted by atomic mass is 19.4. The van der Waals surface area contributed by atoms with Gasteiger partial charge in [0.1, 0.15) is 18.8 Å². The van der Waals surface area contributed by atoms with Gasteiger partial charge in [0.25, 0.3) is 0 Å². The Bertz CT molecular complexity index is 1010. The molecule has 2 aliphatic rings. The van der Waals surface area contributed by atoms with E-state index < -0.39 is 30.5 Å². The normalized spacial score (nSPS) is 20.4. The summed E-state index contributed by atoms with van der Waals surface area (Å²) in [6, 6.07) is 10.9. The highest BCUT2D eigenvalue weighted by Gasteiger charge is 2.49. The van der Waals surface area contributed by atoms with E-state index in [4.69, 9.17) is 9.47 Å². The summed E-state index contributed by atoms with van der Waals surface area (Å²) in [5.41, 5.74) is 0.186. The van der Waals surface area contributed by atoms with E-state index in [1.54, 1.807) is 36.2 Å². The van der Waals surface area contributed by atoms with Gasteiger partial charge in [-0.1, -0.05) is 24.3 Å². The van der Waals surface area contributed by atoms with Crippen LogP contribution in [0.1, 0.15) is 6.42 Å². The Hall–Kier alpha value is -3.27. The minimum Gasteiger partial charge on any atom is -0.486 e. The minimum absolute atomic E-state index is 0.0188. The number of benzene rings is 2. The maximum absolute atomic E-state index is 13.8. The molecule has 2 aromatic carbocycles. The number of fused-ring (bicyclic) bond motifs is 2. The number of carbonyl (C=O) groups is 2. The summed E-state index contributed by atoms with van der Waals surface area (Å²) in [4.78, 5) is 27.4. The number of hydrogen-bond acceptors (Lipinski definition) is 5. The molecule has 2 amide bonds. The van der Waals surface area contributed by atoms with Crippen molar-refractivity contribution in [2.24, 2.45) is 0 Å². The van der Waals surface area contributed by atoms with Crippen LogP contribution in [0.2, 0.25) is 0 Å². The average molecular weight is 449 g/mol. The Kier molecular flexibility index (Phi) is 5.96. The van der Waals surface area contributed by atoms with Crippen LogP contribution in [-0.2, 0) is 9.59 Å². The summed E-state index contributed by atoms with van der Waals surface area (Å²) in [5.74, 6) is -0.369. The van der Waals surface area contributed by atoms with Gasteiger partial charge >= 0.3 is 6.18 Å². The van der Waals surface area contributed by atoms with E-state index in [9.17, 15) is 22.8 Å². The number of carbonyl (C=O) groups excluding carboxylic acids is 2. The quantitative estimate of drug-likeness (QED) is 0.777. The lowest BCUT2D eigenvalue weighted by Crippen LogP contribution is -2.53. The fourth-order valence-electron chi connectivity index (χ4n) is 3.87. The maximum atomic E-state index is 13.8. The highest BCUT2D eigenvalue weighted by Crippen LogP contribution is 2.38. The number of ether oxygens (including phenoxy) is 2. The van der Waals surface area contributed by atoms with Crippen molar-refractivity contribution in [1.29, 1.82) is 0 Å². The Balaban J connectivity index is 1.51. The van der Waals surface area contributed by atoms with Gasteiger partial charge in [-0.3, -0.25) is 19.4 Å². The van der Waals surface area contributed by atoms with E-state index in [0.29, 0.717) is 16.4 Å². The van der Waals surface area contributed by atoms with Crippen LogP contribution in [0, 0.1) is 0 Å². The second-order valence-electron chi connectivity index (χ2n) is 7.78.